The minimum absolute atomic E-state index is 0.907. The van der Waals surface area contributed by atoms with Gasteiger partial charge in [-0.25, -0.2) is 4.58 Å². The lowest BCUT2D eigenvalue weighted by Crippen LogP contribution is -2.29. The van der Waals surface area contributed by atoms with E-state index in [1.807, 2.05) is 12.1 Å². The lowest BCUT2D eigenvalue weighted by atomic mass is 9.98. The van der Waals surface area contributed by atoms with E-state index >= 15 is 0 Å². The number of rotatable bonds is 5. The molecular weight excluding hydrogens is 368 g/mol. The molecule has 0 bridgehead atoms. The van der Waals surface area contributed by atoms with Gasteiger partial charge in [-0.3, -0.25) is 0 Å². The number of hydrogen-bond acceptors (Lipinski definition) is 2. The molecule has 0 N–H and O–H groups in total. The molecule has 0 unspecified atom stereocenters. The van der Waals surface area contributed by atoms with Gasteiger partial charge in [0.05, 0.1) is 6.07 Å². The fourth-order valence-electron chi connectivity index (χ4n) is 3.89. The third-order valence-corrected chi connectivity index (χ3v) is 5.63. The molecule has 3 heteroatoms. The first-order chi connectivity index (χ1) is 14.6. The van der Waals surface area contributed by atoms with Gasteiger partial charge in [0.25, 0.3) is 0 Å². The summed E-state index contributed by atoms with van der Waals surface area (Å²) in [6.45, 7) is 6.32. The van der Waals surface area contributed by atoms with Crippen LogP contribution in [0.3, 0.4) is 0 Å². The first kappa shape index (κ1) is 20.0. The van der Waals surface area contributed by atoms with Crippen molar-refractivity contribution in [3.63, 3.8) is 0 Å². The maximum atomic E-state index is 6.29. The number of benzene rings is 3. The van der Waals surface area contributed by atoms with Crippen molar-refractivity contribution in [1.82, 2.24) is 4.58 Å². The first-order valence-electron chi connectivity index (χ1n) is 10.6. The van der Waals surface area contributed by atoms with E-state index in [0.29, 0.717) is 0 Å². The third-order valence-electron chi connectivity index (χ3n) is 5.63. The second-order valence-electron chi connectivity index (χ2n) is 7.68. The Hall–Kier alpha value is -3.33. The van der Waals surface area contributed by atoms with Gasteiger partial charge in [-0.1, -0.05) is 42.5 Å². The Morgan fingerprint density at radius 3 is 2.30 bits per heavy atom. The molecule has 0 radical (unpaired) electrons. The molecule has 0 saturated heterocycles. The van der Waals surface area contributed by atoms with Crippen molar-refractivity contribution < 1.29 is 4.42 Å². The molecule has 1 aliphatic carbocycles. The Morgan fingerprint density at radius 1 is 0.867 bits per heavy atom. The summed E-state index contributed by atoms with van der Waals surface area (Å²) in [5, 5.41) is 2.32. The van der Waals surface area contributed by atoms with E-state index in [1.165, 1.54) is 22.2 Å². The van der Waals surface area contributed by atoms with Crippen LogP contribution in [0.15, 0.2) is 71.1 Å². The molecule has 4 rings (SSSR count). The van der Waals surface area contributed by atoms with Crippen LogP contribution >= 0.6 is 0 Å². The number of nitrogens with zero attached hydrogens (tertiary/aromatic N) is 2. The van der Waals surface area contributed by atoms with Crippen LogP contribution in [-0.4, -0.2) is 27.2 Å². The Labute approximate surface area is 178 Å². The van der Waals surface area contributed by atoms with E-state index in [0.717, 1.165) is 35.4 Å². The van der Waals surface area contributed by atoms with Gasteiger partial charge in [-0.2, -0.15) is 0 Å². The van der Waals surface area contributed by atoms with Crippen LogP contribution < -0.4 is 14.8 Å². The standard InChI is InChI=1S/C27H29N2O/c1-5-29(6-2)22-16-18-25-23(17-13-20-11-14-21(15-12-20)28(3)4)24-9-7-8-10-26(24)30-27(25)19-22/h7-19H,5-6H2,1-4H3/q+1. The van der Waals surface area contributed by atoms with Gasteiger partial charge in [0.1, 0.15) is 24.4 Å². The maximum absolute atomic E-state index is 6.29. The summed E-state index contributed by atoms with van der Waals surface area (Å²) in [6, 6.07) is 23.4. The normalized spacial score (nSPS) is 11.5. The molecular formula is C27H29N2O+. The average Bonchev–Trinajstić information content (AvgIpc) is 2.77. The Morgan fingerprint density at radius 2 is 1.60 bits per heavy atom. The molecule has 0 amide bonds. The smallest absolute Gasteiger partial charge is 0.203 e. The molecule has 2 aromatic rings. The first-order valence-corrected chi connectivity index (χ1v) is 10.6. The summed E-state index contributed by atoms with van der Waals surface area (Å²) in [6.07, 6.45) is 4.39. The average molecular weight is 398 g/mol. The number of fused-ring (bicyclic) bond motifs is 2. The largest absolute Gasteiger partial charge is 0.456 e. The third kappa shape index (κ3) is 3.88. The van der Waals surface area contributed by atoms with Crippen LogP contribution in [0.25, 0.3) is 34.4 Å². The van der Waals surface area contributed by atoms with E-state index in [2.05, 4.69) is 104 Å². The van der Waals surface area contributed by atoms with Crippen molar-refractivity contribution in [1.29, 1.82) is 0 Å². The highest BCUT2D eigenvalue weighted by atomic mass is 16.3. The van der Waals surface area contributed by atoms with Gasteiger partial charge < -0.3 is 9.32 Å². The summed E-state index contributed by atoms with van der Waals surface area (Å²) in [5.74, 6) is 0.917. The van der Waals surface area contributed by atoms with Crippen molar-refractivity contribution in [2.75, 3.05) is 32.1 Å². The highest BCUT2D eigenvalue weighted by Crippen LogP contribution is 2.33. The second-order valence-corrected chi connectivity index (χ2v) is 7.68. The van der Waals surface area contributed by atoms with Crippen molar-refractivity contribution >= 4 is 28.8 Å². The van der Waals surface area contributed by atoms with Crippen molar-refractivity contribution in [2.24, 2.45) is 0 Å². The molecule has 0 atom stereocenters. The lowest BCUT2D eigenvalue weighted by Gasteiger charge is -2.13. The lowest BCUT2D eigenvalue weighted by molar-refractivity contribution is 0.604. The van der Waals surface area contributed by atoms with E-state index in [4.69, 9.17) is 4.42 Å². The fourth-order valence-corrected chi connectivity index (χ4v) is 3.89. The van der Waals surface area contributed by atoms with E-state index in [9.17, 15) is 0 Å². The summed E-state index contributed by atoms with van der Waals surface area (Å²) in [5.41, 5.74) is 5.61. The van der Waals surface area contributed by atoms with Gasteiger partial charge in [0.2, 0.25) is 5.36 Å². The molecule has 0 saturated carbocycles. The molecule has 1 aliphatic heterocycles. The fraction of sp³-hybridized carbons (Fsp3) is 0.222. The van der Waals surface area contributed by atoms with E-state index in [-0.39, 0.29) is 0 Å². The Balaban J connectivity index is 1.87. The topological polar surface area (TPSA) is 19.4 Å². The van der Waals surface area contributed by atoms with Crippen LogP contribution in [0.5, 0.6) is 0 Å². The maximum Gasteiger partial charge on any atom is 0.203 e. The van der Waals surface area contributed by atoms with Crippen LogP contribution in [-0.2, 0) is 0 Å². The van der Waals surface area contributed by atoms with Crippen LogP contribution in [0, 0.1) is 0 Å². The summed E-state index contributed by atoms with van der Waals surface area (Å²) in [4.78, 5) is 2.11. The highest BCUT2D eigenvalue weighted by molar-refractivity contribution is 5.96. The van der Waals surface area contributed by atoms with Crippen LogP contribution in [0.4, 0.5) is 5.69 Å². The minimum Gasteiger partial charge on any atom is -0.456 e. The Bertz CT molecular complexity index is 1220. The number of para-hydroxylation sites is 1. The molecule has 30 heavy (non-hydrogen) atoms. The predicted molar refractivity (Wildman–Crippen MR) is 129 cm³/mol. The van der Waals surface area contributed by atoms with E-state index in [1.54, 1.807) is 0 Å². The molecule has 0 aromatic heterocycles. The SMILES string of the molecule is CC[N+](CC)=c1ccc2c(/C=C/c3ccc(N(C)C)cc3)c3ccccc3oc-2c1. The van der Waals surface area contributed by atoms with Gasteiger partial charge in [-0.15, -0.1) is 0 Å². The van der Waals surface area contributed by atoms with Crippen molar-refractivity contribution in [2.45, 2.75) is 13.8 Å². The summed E-state index contributed by atoms with van der Waals surface area (Å²) < 4.78 is 8.63. The highest BCUT2D eigenvalue weighted by Gasteiger charge is 2.15. The monoisotopic (exact) mass is 397 g/mol. The van der Waals surface area contributed by atoms with Gasteiger partial charge in [0, 0.05) is 36.8 Å². The van der Waals surface area contributed by atoms with Crippen LogP contribution in [0.1, 0.15) is 25.0 Å². The van der Waals surface area contributed by atoms with Gasteiger partial charge >= 0.3 is 0 Å². The Kier molecular flexibility index (Phi) is 5.71. The number of hydrogen-bond donors (Lipinski definition) is 0. The van der Waals surface area contributed by atoms with E-state index < -0.39 is 0 Å². The zero-order valence-corrected chi connectivity index (χ0v) is 18.2. The zero-order chi connectivity index (χ0) is 21.1. The molecule has 3 nitrogen and oxygen atoms in total. The van der Waals surface area contributed by atoms with Crippen molar-refractivity contribution in [3.8, 4) is 11.3 Å². The van der Waals surface area contributed by atoms with Crippen LogP contribution in [0.2, 0.25) is 0 Å². The number of anilines is 1. The molecule has 0 spiro atoms. The predicted octanol–water partition coefficient (Wildman–Crippen LogP) is 5.59. The van der Waals surface area contributed by atoms with Gasteiger partial charge in [0.15, 0.2) is 0 Å². The molecule has 2 aromatic carbocycles. The molecule has 152 valence electrons. The molecule has 2 aliphatic rings. The quantitative estimate of drug-likeness (QED) is 0.323. The molecule has 1 heterocycles. The summed E-state index contributed by atoms with van der Waals surface area (Å²) in [7, 11) is 4.12. The summed E-state index contributed by atoms with van der Waals surface area (Å²) >= 11 is 0. The molecule has 0 fully saturated rings. The zero-order valence-electron chi connectivity index (χ0n) is 18.2. The minimum atomic E-state index is 0.907. The second kappa shape index (κ2) is 8.58. The van der Waals surface area contributed by atoms with Gasteiger partial charge in [-0.05, 0) is 49.2 Å². The van der Waals surface area contributed by atoms with Crippen molar-refractivity contribution in [3.05, 3.63) is 83.2 Å².